The minimum absolute atomic E-state index is 0.0650. The molecule has 1 aliphatic heterocycles. The van der Waals surface area contributed by atoms with Gasteiger partial charge in [-0.25, -0.2) is 23.3 Å². The molecule has 0 spiro atoms. The molecule has 3 N–H and O–H groups in total. The fourth-order valence-corrected chi connectivity index (χ4v) is 5.97. The third-order valence-corrected chi connectivity index (χ3v) is 8.43. The summed E-state index contributed by atoms with van der Waals surface area (Å²) < 4.78 is 18.4. The molecule has 0 saturated carbocycles. The van der Waals surface area contributed by atoms with E-state index >= 15 is 0 Å². The van der Waals surface area contributed by atoms with Gasteiger partial charge in [0.15, 0.2) is 5.82 Å². The quantitative estimate of drug-likeness (QED) is 0.290. The summed E-state index contributed by atoms with van der Waals surface area (Å²) in [6.07, 6.45) is 4.21. The zero-order valence-corrected chi connectivity index (χ0v) is 25.6. The third kappa shape index (κ3) is 5.44. The number of piperidine rings is 1. The minimum Gasteiger partial charge on any atom is -0.382 e. The highest BCUT2D eigenvalue weighted by molar-refractivity contribution is 6.04. The molecule has 5 aromatic rings. The van der Waals surface area contributed by atoms with Crippen LogP contribution < -0.4 is 22.3 Å². The first-order valence-corrected chi connectivity index (χ1v) is 15.0. The predicted molar refractivity (Wildman–Crippen MR) is 172 cm³/mol. The van der Waals surface area contributed by atoms with Crippen LogP contribution in [0, 0.1) is 5.82 Å². The molecule has 6 rings (SSSR count). The SMILES string of the molecule is CC(=O)N1CCC(c2cc(-c3ccc(NC(=O)c4cn(C(C)C)c(=O)n(-c5ccccc5F)c4=O)cc3)c3c(N)ncnn23)CC1. The average Bonchev–Trinajstić information content (AvgIpc) is 3.43. The molecule has 0 aliphatic carbocycles. The topological polar surface area (TPSA) is 150 Å². The van der Waals surface area contributed by atoms with Gasteiger partial charge < -0.3 is 16.0 Å². The predicted octanol–water partition coefficient (Wildman–Crippen LogP) is 3.99. The number of hydrogen-bond acceptors (Lipinski definition) is 7. The van der Waals surface area contributed by atoms with Crippen LogP contribution in [0.25, 0.3) is 22.3 Å². The van der Waals surface area contributed by atoms with Crippen molar-refractivity contribution in [2.75, 3.05) is 24.1 Å². The van der Waals surface area contributed by atoms with Crippen LogP contribution >= 0.6 is 0 Å². The van der Waals surface area contributed by atoms with Crippen LogP contribution in [-0.2, 0) is 4.79 Å². The van der Waals surface area contributed by atoms with Gasteiger partial charge in [0.1, 0.15) is 23.2 Å². The summed E-state index contributed by atoms with van der Waals surface area (Å²) >= 11 is 0. The lowest BCUT2D eigenvalue weighted by atomic mass is 9.93. The Morgan fingerprint density at radius 3 is 2.39 bits per heavy atom. The molecule has 1 saturated heterocycles. The zero-order chi connectivity index (χ0) is 32.7. The van der Waals surface area contributed by atoms with E-state index in [4.69, 9.17) is 5.73 Å². The fourth-order valence-electron chi connectivity index (χ4n) is 5.97. The summed E-state index contributed by atoms with van der Waals surface area (Å²) in [5.74, 6) is -0.953. The number of halogens is 1. The van der Waals surface area contributed by atoms with Gasteiger partial charge in [0, 0.05) is 55.1 Å². The third-order valence-electron chi connectivity index (χ3n) is 8.43. The summed E-state index contributed by atoms with van der Waals surface area (Å²) in [5, 5.41) is 7.21. The van der Waals surface area contributed by atoms with Gasteiger partial charge in [0.2, 0.25) is 5.91 Å². The highest BCUT2D eigenvalue weighted by Crippen LogP contribution is 2.37. The van der Waals surface area contributed by atoms with Crippen molar-refractivity contribution in [2.45, 2.75) is 45.6 Å². The second-order valence-corrected chi connectivity index (χ2v) is 11.6. The molecule has 236 valence electrons. The maximum Gasteiger partial charge on any atom is 0.336 e. The normalized spacial score (nSPS) is 13.8. The Hall–Kier alpha value is -5.59. The van der Waals surface area contributed by atoms with Crippen molar-refractivity contribution < 1.29 is 14.0 Å². The number of nitrogens with one attached hydrogen (secondary N) is 1. The number of amides is 2. The molecule has 12 nitrogen and oxygen atoms in total. The van der Waals surface area contributed by atoms with Gasteiger partial charge in [-0.15, -0.1) is 0 Å². The number of carbonyl (C=O) groups excluding carboxylic acids is 2. The Kier molecular flexibility index (Phi) is 7.99. The van der Waals surface area contributed by atoms with E-state index in [-0.39, 0.29) is 23.1 Å². The molecule has 1 aliphatic rings. The van der Waals surface area contributed by atoms with Crippen molar-refractivity contribution >= 4 is 28.8 Å². The lowest BCUT2D eigenvalue weighted by molar-refractivity contribution is -0.129. The molecule has 2 amide bonds. The number of nitrogen functional groups attached to an aromatic ring is 1. The molecule has 0 unspecified atom stereocenters. The lowest BCUT2D eigenvalue weighted by Gasteiger charge is -2.31. The average molecular weight is 625 g/mol. The van der Waals surface area contributed by atoms with E-state index in [9.17, 15) is 23.6 Å². The Morgan fingerprint density at radius 1 is 1.04 bits per heavy atom. The van der Waals surface area contributed by atoms with Crippen molar-refractivity contribution in [3.63, 3.8) is 0 Å². The lowest BCUT2D eigenvalue weighted by Crippen LogP contribution is -2.43. The number of nitrogens with two attached hydrogens (primary N) is 1. The molecule has 4 heterocycles. The highest BCUT2D eigenvalue weighted by atomic mass is 19.1. The van der Waals surface area contributed by atoms with Crippen LogP contribution in [0.4, 0.5) is 15.9 Å². The van der Waals surface area contributed by atoms with Crippen LogP contribution in [0.1, 0.15) is 61.6 Å². The van der Waals surface area contributed by atoms with Crippen molar-refractivity contribution in [1.29, 1.82) is 0 Å². The smallest absolute Gasteiger partial charge is 0.336 e. The summed E-state index contributed by atoms with van der Waals surface area (Å²) in [4.78, 5) is 57.8. The number of anilines is 2. The zero-order valence-electron chi connectivity index (χ0n) is 25.6. The number of fused-ring (bicyclic) bond motifs is 1. The fraction of sp³-hybridized carbons (Fsp3) is 0.273. The summed E-state index contributed by atoms with van der Waals surface area (Å²) in [5.41, 5.74) is 7.74. The van der Waals surface area contributed by atoms with Gasteiger partial charge >= 0.3 is 5.69 Å². The number of aromatic nitrogens is 5. The van der Waals surface area contributed by atoms with Crippen molar-refractivity contribution in [1.82, 2.24) is 28.6 Å². The first kappa shape index (κ1) is 30.4. The number of rotatable bonds is 6. The molecule has 0 atom stereocenters. The van der Waals surface area contributed by atoms with Gasteiger partial charge in [0.25, 0.3) is 11.5 Å². The van der Waals surface area contributed by atoms with Gasteiger partial charge in [-0.1, -0.05) is 24.3 Å². The second-order valence-electron chi connectivity index (χ2n) is 11.6. The van der Waals surface area contributed by atoms with E-state index in [1.807, 2.05) is 27.6 Å². The Morgan fingerprint density at radius 2 is 1.74 bits per heavy atom. The standard InChI is InChI=1S/C33H33FN8O4/c1-19(2)40-17-25(32(45)41(33(40)46)27-7-5-4-6-26(27)34)31(44)38-23-10-8-21(9-11-23)24-16-28(42-29(24)30(35)36-18-37-42)22-12-14-39(15-13-22)20(3)43/h4-11,16-19,22H,12-15H2,1-3H3,(H,38,44)(H2,35,36,37). The molecule has 46 heavy (non-hydrogen) atoms. The van der Waals surface area contributed by atoms with Crippen LogP contribution in [-0.4, -0.2) is 53.5 Å². The molecule has 0 radical (unpaired) electrons. The largest absolute Gasteiger partial charge is 0.382 e. The van der Waals surface area contributed by atoms with Crippen LogP contribution in [0.15, 0.2) is 76.7 Å². The number of nitrogens with zero attached hydrogens (tertiary/aromatic N) is 6. The van der Waals surface area contributed by atoms with Gasteiger partial charge in [0.05, 0.1) is 5.69 Å². The summed E-state index contributed by atoms with van der Waals surface area (Å²) in [7, 11) is 0. The molecule has 1 fully saturated rings. The van der Waals surface area contributed by atoms with Gasteiger partial charge in [-0.05, 0) is 62.6 Å². The van der Waals surface area contributed by atoms with E-state index in [2.05, 4.69) is 15.4 Å². The minimum atomic E-state index is -0.932. The van der Waals surface area contributed by atoms with E-state index in [0.717, 1.165) is 35.7 Å². The maximum absolute atomic E-state index is 14.7. The van der Waals surface area contributed by atoms with Crippen LogP contribution in [0.3, 0.4) is 0 Å². The Labute approximate surface area is 262 Å². The van der Waals surface area contributed by atoms with E-state index in [1.165, 1.54) is 35.3 Å². The Balaban J connectivity index is 1.31. The van der Waals surface area contributed by atoms with Crippen molar-refractivity contribution in [3.05, 3.63) is 105 Å². The molecular weight excluding hydrogens is 591 g/mol. The van der Waals surface area contributed by atoms with E-state index in [1.54, 1.807) is 32.9 Å². The summed E-state index contributed by atoms with van der Waals surface area (Å²) in [6, 6.07) is 14.1. The molecule has 3 aromatic heterocycles. The maximum atomic E-state index is 14.7. The van der Waals surface area contributed by atoms with Crippen LogP contribution in [0.5, 0.6) is 0 Å². The molecule has 13 heteroatoms. The number of para-hydroxylation sites is 1. The molecular formula is C33H33FN8O4. The van der Waals surface area contributed by atoms with Crippen molar-refractivity contribution in [3.8, 4) is 16.8 Å². The van der Waals surface area contributed by atoms with E-state index in [0.29, 0.717) is 34.7 Å². The van der Waals surface area contributed by atoms with Gasteiger partial charge in [-0.3, -0.25) is 19.0 Å². The number of likely N-dealkylation sites (tertiary alicyclic amines) is 1. The number of hydrogen-bond donors (Lipinski definition) is 2. The monoisotopic (exact) mass is 624 g/mol. The molecule has 2 aromatic carbocycles. The van der Waals surface area contributed by atoms with E-state index < -0.39 is 29.0 Å². The Bertz CT molecular complexity index is 2090. The first-order chi connectivity index (χ1) is 22.0. The number of carbonyl (C=O) groups is 2. The number of benzene rings is 2. The first-order valence-electron chi connectivity index (χ1n) is 15.0. The highest BCUT2D eigenvalue weighted by Gasteiger charge is 2.27. The summed E-state index contributed by atoms with van der Waals surface area (Å²) in [6.45, 7) is 6.36. The van der Waals surface area contributed by atoms with Crippen molar-refractivity contribution in [2.24, 2.45) is 0 Å². The molecule has 0 bridgehead atoms. The second kappa shape index (κ2) is 12.1. The van der Waals surface area contributed by atoms with Gasteiger partial charge in [-0.2, -0.15) is 5.10 Å². The van der Waals surface area contributed by atoms with Crippen LogP contribution in [0.2, 0.25) is 0 Å².